The molecule has 0 heterocycles. The van der Waals surface area contributed by atoms with Crippen molar-refractivity contribution in [1.29, 1.82) is 0 Å². The quantitative estimate of drug-likeness (QED) is 0.736. The molecule has 1 fully saturated rings. The number of nitrogens with zero attached hydrogens (tertiary/aromatic N) is 1. The van der Waals surface area contributed by atoms with Crippen LogP contribution in [0.5, 0.6) is 0 Å². The van der Waals surface area contributed by atoms with Crippen LogP contribution in [0, 0.1) is 0 Å². The Balaban J connectivity index is 2.38. The lowest BCUT2D eigenvalue weighted by molar-refractivity contribution is 0.555. The van der Waals surface area contributed by atoms with Gasteiger partial charge >= 0.3 is 0 Å². The van der Waals surface area contributed by atoms with Gasteiger partial charge in [-0.2, -0.15) is 0 Å². The average molecular weight is 297 g/mol. The first kappa shape index (κ1) is 17.6. The molecule has 2 nitrogen and oxygen atoms in total. The highest BCUT2D eigenvalue weighted by Crippen LogP contribution is 2.15. The molecule has 116 valence electrons. The third kappa shape index (κ3) is 9.46. The van der Waals surface area contributed by atoms with E-state index in [9.17, 15) is 0 Å². The Hall–Kier alpha value is -0.440. The second-order valence-electron chi connectivity index (χ2n) is 6.29. The van der Waals surface area contributed by atoms with Gasteiger partial charge in [-0.3, -0.25) is 4.99 Å². The van der Waals surface area contributed by atoms with Gasteiger partial charge in [-0.15, -0.1) is 0 Å². The van der Waals surface area contributed by atoms with Crippen molar-refractivity contribution in [3.8, 4) is 0 Å². The molecule has 0 saturated heterocycles. The highest BCUT2D eigenvalue weighted by atomic mass is 32.1. The molecule has 0 aromatic heterocycles. The van der Waals surface area contributed by atoms with Gasteiger partial charge in [-0.1, -0.05) is 57.2 Å². The summed E-state index contributed by atoms with van der Waals surface area (Å²) in [4.78, 5) is 5.66. The molecule has 1 N–H and O–H groups in total. The van der Waals surface area contributed by atoms with E-state index >= 15 is 0 Å². The van der Waals surface area contributed by atoms with Crippen LogP contribution in [0.1, 0.15) is 84.5 Å². The van der Waals surface area contributed by atoms with Crippen LogP contribution in [0.4, 0.5) is 0 Å². The van der Waals surface area contributed by atoms with E-state index in [0.29, 0.717) is 12.6 Å². The van der Waals surface area contributed by atoms with E-state index in [1.165, 1.54) is 76.3 Å². The molecule has 0 amide bonds. The molecular weight excluding hydrogens is 264 g/mol. The first-order valence-corrected chi connectivity index (χ1v) is 8.91. The van der Waals surface area contributed by atoms with Gasteiger partial charge in [0.05, 0.1) is 11.5 Å². The highest BCUT2D eigenvalue weighted by Gasteiger charge is 2.04. The van der Waals surface area contributed by atoms with Gasteiger partial charge in [0.1, 0.15) is 0 Å². The van der Waals surface area contributed by atoms with Gasteiger partial charge in [0.15, 0.2) is 0 Å². The van der Waals surface area contributed by atoms with E-state index in [1.807, 2.05) is 0 Å². The molecule has 0 aromatic carbocycles. The summed E-state index contributed by atoms with van der Waals surface area (Å²) >= 11 is 5.33. The Labute approximate surface area is 130 Å². The molecule has 20 heavy (non-hydrogen) atoms. The standard InChI is InChI=1S/C17H32N2S/c1-15(2)19-17(20)14-18-16-12-10-8-6-4-3-5-7-9-11-13-16/h15H,3-14H2,1-2H3,(H,19,20). The average Bonchev–Trinajstić information content (AvgIpc) is 2.37. The van der Waals surface area contributed by atoms with Crippen molar-refractivity contribution in [2.75, 3.05) is 6.54 Å². The van der Waals surface area contributed by atoms with E-state index in [0.717, 1.165) is 4.99 Å². The maximum Gasteiger partial charge on any atom is 0.0973 e. The first-order valence-electron chi connectivity index (χ1n) is 8.50. The Morgan fingerprint density at radius 2 is 1.40 bits per heavy atom. The minimum Gasteiger partial charge on any atom is -0.376 e. The summed E-state index contributed by atoms with van der Waals surface area (Å²) in [6.07, 6.45) is 14.8. The van der Waals surface area contributed by atoms with E-state index in [-0.39, 0.29) is 0 Å². The van der Waals surface area contributed by atoms with E-state index < -0.39 is 0 Å². The van der Waals surface area contributed by atoms with Crippen molar-refractivity contribution in [2.45, 2.75) is 90.5 Å². The van der Waals surface area contributed by atoms with Crippen LogP contribution in [-0.4, -0.2) is 23.3 Å². The topological polar surface area (TPSA) is 24.4 Å². The summed E-state index contributed by atoms with van der Waals surface area (Å²) in [5.74, 6) is 0. The summed E-state index contributed by atoms with van der Waals surface area (Å²) < 4.78 is 0. The molecule has 1 aliphatic carbocycles. The molecule has 0 unspecified atom stereocenters. The SMILES string of the molecule is CC(C)NC(=S)CN=C1CCCCCCCCCCC1. The van der Waals surface area contributed by atoms with Crippen molar-refractivity contribution in [3.05, 3.63) is 0 Å². The van der Waals surface area contributed by atoms with Crippen molar-refractivity contribution < 1.29 is 0 Å². The number of aliphatic imine (C=N–C) groups is 1. The lowest BCUT2D eigenvalue weighted by Gasteiger charge is -2.12. The lowest BCUT2D eigenvalue weighted by atomic mass is 10.00. The van der Waals surface area contributed by atoms with Crippen molar-refractivity contribution in [3.63, 3.8) is 0 Å². The van der Waals surface area contributed by atoms with Crippen LogP contribution in [0.2, 0.25) is 0 Å². The molecule has 0 bridgehead atoms. The minimum atomic E-state index is 0.416. The Morgan fingerprint density at radius 1 is 0.950 bits per heavy atom. The highest BCUT2D eigenvalue weighted by molar-refractivity contribution is 7.80. The van der Waals surface area contributed by atoms with Gasteiger partial charge in [-0.05, 0) is 39.5 Å². The molecule has 0 aliphatic heterocycles. The number of hydrogen-bond donors (Lipinski definition) is 1. The number of thiocarbonyl (C=S) groups is 1. The molecule has 3 heteroatoms. The normalized spacial score (nSPS) is 19.1. The van der Waals surface area contributed by atoms with Gasteiger partial charge in [-0.25, -0.2) is 0 Å². The fourth-order valence-corrected chi connectivity index (χ4v) is 3.03. The summed E-state index contributed by atoms with van der Waals surface area (Å²) in [5.41, 5.74) is 1.40. The molecule has 1 aliphatic rings. The van der Waals surface area contributed by atoms with Crippen molar-refractivity contribution in [1.82, 2.24) is 5.32 Å². The molecule has 1 saturated carbocycles. The van der Waals surface area contributed by atoms with Crippen LogP contribution in [0.25, 0.3) is 0 Å². The summed E-state index contributed by atoms with van der Waals surface area (Å²) in [5, 5.41) is 3.28. The van der Waals surface area contributed by atoms with E-state index in [2.05, 4.69) is 19.2 Å². The predicted molar refractivity (Wildman–Crippen MR) is 94.0 cm³/mol. The number of rotatable bonds is 3. The monoisotopic (exact) mass is 296 g/mol. The van der Waals surface area contributed by atoms with Gasteiger partial charge in [0.25, 0.3) is 0 Å². The molecule has 1 rings (SSSR count). The Kier molecular flexibility index (Phi) is 9.90. The second-order valence-corrected chi connectivity index (χ2v) is 6.78. The minimum absolute atomic E-state index is 0.416. The van der Waals surface area contributed by atoms with Gasteiger partial charge in [0.2, 0.25) is 0 Å². The fourth-order valence-electron chi connectivity index (χ4n) is 2.73. The third-order valence-electron chi connectivity index (χ3n) is 3.83. The number of hydrogen-bond acceptors (Lipinski definition) is 2. The van der Waals surface area contributed by atoms with Crippen LogP contribution in [-0.2, 0) is 0 Å². The molecule has 0 spiro atoms. The molecule has 0 atom stereocenters. The van der Waals surface area contributed by atoms with Gasteiger partial charge < -0.3 is 5.32 Å². The van der Waals surface area contributed by atoms with Gasteiger partial charge in [0, 0.05) is 11.8 Å². The molecular formula is C17H32N2S. The van der Waals surface area contributed by atoms with Crippen LogP contribution >= 0.6 is 12.2 Å². The maximum atomic E-state index is 5.33. The van der Waals surface area contributed by atoms with Crippen LogP contribution < -0.4 is 5.32 Å². The zero-order chi connectivity index (χ0) is 14.6. The van der Waals surface area contributed by atoms with Crippen LogP contribution in [0.15, 0.2) is 4.99 Å². The molecule has 0 radical (unpaired) electrons. The van der Waals surface area contributed by atoms with Crippen molar-refractivity contribution in [2.24, 2.45) is 4.99 Å². The maximum absolute atomic E-state index is 5.33. The zero-order valence-corrected chi connectivity index (χ0v) is 14.2. The summed E-state index contributed by atoms with van der Waals surface area (Å²) in [7, 11) is 0. The van der Waals surface area contributed by atoms with Crippen molar-refractivity contribution >= 4 is 22.9 Å². The molecule has 0 aromatic rings. The zero-order valence-electron chi connectivity index (χ0n) is 13.4. The number of nitrogens with one attached hydrogen (secondary N) is 1. The smallest absolute Gasteiger partial charge is 0.0973 e. The van der Waals surface area contributed by atoms with E-state index in [1.54, 1.807) is 0 Å². The lowest BCUT2D eigenvalue weighted by Crippen LogP contribution is -2.30. The largest absolute Gasteiger partial charge is 0.376 e. The fraction of sp³-hybridized carbons (Fsp3) is 0.882. The summed E-state index contributed by atoms with van der Waals surface area (Å²) in [6, 6.07) is 0.416. The Morgan fingerprint density at radius 3 is 1.85 bits per heavy atom. The van der Waals surface area contributed by atoms with Crippen LogP contribution in [0.3, 0.4) is 0 Å². The third-order valence-corrected chi connectivity index (χ3v) is 4.07. The Bertz CT molecular complexity index is 283. The first-order chi connectivity index (χ1) is 9.68. The van der Waals surface area contributed by atoms with E-state index in [4.69, 9.17) is 17.2 Å². The second kappa shape index (κ2) is 11.2. The predicted octanol–water partition coefficient (Wildman–Crippen LogP) is 5.06. The summed E-state index contributed by atoms with van der Waals surface area (Å²) in [6.45, 7) is 4.92.